The highest BCUT2D eigenvalue weighted by molar-refractivity contribution is 5.43. The summed E-state index contributed by atoms with van der Waals surface area (Å²) in [7, 11) is 0. The summed E-state index contributed by atoms with van der Waals surface area (Å²) in [5.41, 5.74) is 2.51. The van der Waals surface area contributed by atoms with Gasteiger partial charge in [-0.3, -0.25) is 4.98 Å². The minimum atomic E-state index is 0.597. The van der Waals surface area contributed by atoms with Crippen molar-refractivity contribution in [2.24, 2.45) is 11.8 Å². The van der Waals surface area contributed by atoms with Crippen molar-refractivity contribution < 1.29 is 0 Å². The van der Waals surface area contributed by atoms with E-state index >= 15 is 0 Å². The maximum atomic E-state index is 5.32. The molecule has 0 saturated carbocycles. The molecule has 1 aromatic rings. The summed E-state index contributed by atoms with van der Waals surface area (Å²) in [5.74, 6) is 7.44. The third-order valence-corrected chi connectivity index (χ3v) is 2.70. The van der Waals surface area contributed by atoms with Crippen LogP contribution in [0.25, 0.3) is 0 Å². The van der Waals surface area contributed by atoms with E-state index in [2.05, 4.69) is 41.1 Å². The summed E-state index contributed by atoms with van der Waals surface area (Å²) >= 11 is 0. The van der Waals surface area contributed by atoms with E-state index in [9.17, 15) is 0 Å². The van der Waals surface area contributed by atoms with Crippen LogP contribution in [0, 0.1) is 5.92 Å². The van der Waals surface area contributed by atoms with E-state index in [1.807, 2.05) is 0 Å². The minimum absolute atomic E-state index is 0.597. The molecule has 0 spiro atoms. The Kier molecular flexibility index (Phi) is 4.98. The van der Waals surface area contributed by atoms with E-state index in [4.69, 9.17) is 5.84 Å². The maximum Gasteiger partial charge on any atom is 0.160 e. The molecule has 0 aliphatic carbocycles. The summed E-state index contributed by atoms with van der Waals surface area (Å²) in [6, 6.07) is 0. The molecule has 90 valence electrons. The molecule has 1 atom stereocenters. The van der Waals surface area contributed by atoms with Crippen molar-refractivity contribution in [3.8, 4) is 0 Å². The quantitative estimate of drug-likeness (QED) is 0.567. The Morgan fingerprint density at radius 2 is 2.19 bits per heavy atom. The van der Waals surface area contributed by atoms with Crippen LogP contribution < -0.4 is 16.2 Å². The molecule has 1 heterocycles. The van der Waals surface area contributed by atoms with Crippen molar-refractivity contribution >= 4 is 11.6 Å². The monoisotopic (exact) mass is 223 g/mol. The van der Waals surface area contributed by atoms with Gasteiger partial charge in [0.15, 0.2) is 5.82 Å². The number of nitrogens with zero attached hydrogens (tertiary/aromatic N) is 3. The number of anilines is 2. The van der Waals surface area contributed by atoms with Gasteiger partial charge in [0.05, 0.1) is 12.4 Å². The lowest BCUT2D eigenvalue weighted by Crippen LogP contribution is -2.29. The minimum Gasteiger partial charge on any atom is -0.355 e. The molecule has 0 aliphatic heterocycles. The van der Waals surface area contributed by atoms with E-state index in [1.54, 1.807) is 12.4 Å². The van der Waals surface area contributed by atoms with Gasteiger partial charge >= 0.3 is 0 Å². The number of rotatable bonds is 6. The van der Waals surface area contributed by atoms with Gasteiger partial charge in [0.2, 0.25) is 0 Å². The average Bonchev–Trinajstić information content (AvgIpc) is 2.35. The Bertz CT molecular complexity index is 315. The second-order valence-corrected chi connectivity index (χ2v) is 3.96. The first-order chi connectivity index (χ1) is 7.71. The van der Waals surface area contributed by atoms with Crippen LogP contribution in [0.4, 0.5) is 11.6 Å². The van der Waals surface area contributed by atoms with Crippen molar-refractivity contribution in [3.05, 3.63) is 12.4 Å². The molecule has 5 heteroatoms. The fourth-order valence-corrected chi connectivity index (χ4v) is 1.47. The zero-order chi connectivity index (χ0) is 12.0. The lowest BCUT2D eigenvalue weighted by molar-refractivity contribution is 0.545. The van der Waals surface area contributed by atoms with Crippen LogP contribution in [0.5, 0.6) is 0 Å². The van der Waals surface area contributed by atoms with E-state index in [0.29, 0.717) is 11.7 Å². The number of hydrogen-bond acceptors (Lipinski definition) is 5. The predicted octanol–water partition coefficient (Wildman–Crippen LogP) is 1.63. The Morgan fingerprint density at radius 3 is 2.75 bits per heavy atom. The van der Waals surface area contributed by atoms with E-state index in [1.165, 1.54) is 6.42 Å². The zero-order valence-corrected chi connectivity index (χ0v) is 10.3. The summed E-state index contributed by atoms with van der Waals surface area (Å²) in [6.07, 6.45) is 4.55. The Balaban J connectivity index is 2.77. The van der Waals surface area contributed by atoms with Crippen molar-refractivity contribution in [1.82, 2.24) is 9.97 Å². The first-order valence-corrected chi connectivity index (χ1v) is 5.74. The molecular formula is C11H21N5. The van der Waals surface area contributed by atoms with Crippen LogP contribution in [0.3, 0.4) is 0 Å². The molecule has 5 nitrogen and oxygen atoms in total. The van der Waals surface area contributed by atoms with Gasteiger partial charge in [0.25, 0.3) is 0 Å². The number of hydrazine groups is 1. The fourth-order valence-electron chi connectivity index (χ4n) is 1.47. The third kappa shape index (κ3) is 3.34. The number of nitrogens with one attached hydrogen (secondary N) is 1. The van der Waals surface area contributed by atoms with Gasteiger partial charge in [-0.25, -0.2) is 10.8 Å². The largest absolute Gasteiger partial charge is 0.355 e. The standard InChI is InChI=1S/C11H21N5/c1-4-9(3)8-16(5-2)11-7-13-6-10(14-11)15-12/h6-7,9H,4-5,8,12H2,1-3H3,(H,14,15). The molecule has 1 rings (SSSR count). The molecule has 1 unspecified atom stereocenters. The van der Waals surface area contributed by atoms with Gasteiger partial charge in [-0.15, -0.1) is 0 Å². The van der Waals surface area contributed by atoms with E-state index in [0.717, 1.165) is 18.9 Å². The van der Waals surface area contributed by atoms with E-state index < -0.39 is 0 Å². The molecule has 0 saturated heterocycles. The van der Waals surface area contributed by atoms with Crippen molar-refractivity contribution in [2.45, 2.75) is 27.2 Å². The van der Waals surface area contributed by atoms with Crippen LogP contribution in [0.2, 0.25) is 0 Å². The zero-order valence-electron chi connectivity index (χ0n) is 10.3. The topological polar surface area (TPSA) is 67.1 Å². The molecule has 0 aromatic carbocycles. The fraction of sp³-hybridized carbons (Fsp3) is 0.636. The predicted molar refractivity (Wildman–Crippen MR) is 67.2 cm³/mol. The first-order valence-electron chi connectivity index (χ1n) is 5.74. The summed E-state index contributed by atoms with van der Waals surface area (Å²) in [4.78, 5) is 10.7. The lowest BCUT2D eigenvalue weighted by Gasteiger charge is -2.24. The average molecular weight is 223 g/mol. The molecular weight excluding hydrogens is 202 g/mol. The highest BCUT2D eigenvalue weighted by Gasteiger charge is 2.10. The molecule has 0 fully saturated rings. The van der Waals surface area contributed by atoms with Crippen LogP contribution in [0.15, 0.2) is 12.4 Å². The van der Waals surface area contributed by atoms with Gasteiger partial charge in [0, 0.05) is 13.1 Å². The number of nitrogens with two attached hydrogens (primary N) is 1. The van der Waals surface area contributed by atoms with Gasteiger partial charge < -0.3 is 10.3 Å². The van der Waals surface area contributed by atoms with Gasteiger partial charge in [-0.05, 0) is 12.8 Å². The van der Waals surface area contributed by atoms with Crippen LogP contribution in [-0.2, 0) is 0 Å². The molecule has 1 aromatic heterocycles. The Labute approximate surface area is 97.0 Å². The highest BCUT2D eigenvalue weighted by Crippen LogP contribution is 2.14. The van der Waals surface area contributed by atoms with E-state index in [-0.39, 0.29) is 0 Å². The Morgan fingerprint density at radius 1 is 1.44 bits per heavy atom. The molecule has 0 amide bonds. The van der Waals surface area contributed by atoms with Crippen molar-refractivity contribution in [1.29, 1.82) is 0 Å². The third-order valence-electron chi connectivity index (χ3n) is 2.70. The van der Waals surface area contributed by atoms with Gasteiger partial charge in [-0.1, -0.05) is 20.3 Å². The summed E-state index contributed by atoms with van der Waals surface area (Å²) in [5, 5.41) is 0. The lowest BCUT2D eigenvalue weighted by atomic mass is 10.1. The molecule has 16 heavy (non-hydrogen) atoms. The maximum absolute atomic E-state index is 5.32. The smallest absolute Gasteiger partial charge is 0.160 e. The SMILES string of the molecule is CCC(C)CN(CC)c1cncc(NN)n1. The number of aromatic nitrogens is 2. The summed E-state index contributed by atoms with van der Waals surface area (Å²) in [6.45, 7) is 8.47. The Hall–Kier alpha value is -1.36. The molecule has 0 aliphatic rings. The normalized spacial score (nSPS) is 12.2. The summed E-state index contributed by atoms with van der Waals surface area (Å²) < 4.78 is 0. The molecule has 0 bridgehead atoms. The van der Waals surface area contributed by atoms with Crippen molar-refractivity contribution in [3.63, 3.8) is 0 Å². The van der Waals surface area contributed by atoms with Crippen LogP contribution in [-0.4, -0.2) is 23.1 Å². The second-order valence-electron chi connectivity index (χ2n) is 3.96. The second kappa shape index (κ2) is 6.27. The first kappa shape index (κ1) is 12.7. The molecule has 0 radical (unpaired) electrons. The highest BCUT2D eigenvalue weighted by atomic mass is 15.3. The van der Waals surface area contributed by atoms with Crippen LogP contribution >= 0.6 is 0 Å². The molecule has 3 N–H and O–H groups in total. The van der Waals surface area contributed by atoms with Gasteiger partial charge in [-0.2, -0.15) is 0 Å². The number of nitrogen functional groups attached to an aromatic ring is 1. The van der Waals surface area contributed by atoms with Crippen LogP contribution in [0.1, 0.15) is 27.2 Å². The number of hydrogen-bond donors (Lipinski definition) is 2. The van der Waals surface area contributed by atoms with Crippen molar-refractivity contribution in [2.75, 3.05) is 23.4 Å². The van der Waals surface area contributed by atoms with Gasteiger partial charge in [0.1, 0.15) is 5.82 Å².